The first-order valence-electron chi connectivity index (χ1n) is 6.30. The molecule has 0 bridgehead atoms. The lowest BCUT2D eigenvalue weighted by molar-refractivity contribution is -0.136. The molecule has 5 heteroatoms. The quantitative estimate of drug-likeness (QED) is 0.910. The molecule has 0 spiro atoms. The van der Waals surface area contributed by atoms with Crippen molar-refractivity contribution in [2.45, 2.75) is 50.9 Å². The summed E-state index contributed by atoms with van der Waals surface area (Å²) in [5, 5.41) is 0. The molecule has 1 aliphatic heterocycles. The van der Waals surface area contributed by atoms with Gasteiger partial charge in [0.25, 0.3) is 0 Å². The van der Waals surface area contributed by atoms with Gasteiger partial charge in [-0.15, -0.1) is 0 Å². The number of alkyl halides is 3. The van der Waals surface area contributed by atoms with E-state index in [1.807, 2.05) is 19.9 Å². The van der Waals surface area contributed by atoms with Crippen LogP contribution >= 0.6 is 0 Å². The zero-order valence-electron chi connectivity index (χ0n) is 11.1. The van der Waals surface area contributed by atoms with Gasteiger partial charge in [-0.3, -0.25) is 0 Å². The highest BCUT2D eigenvalue weighted by Gasteiger charge is 2.31. The average molecular weight is 273 g/mol. The second-order valence-electron chi connectivity index (χ2n) is 5.67. The number of nitrogens with two attached hydrogens (primary N) is 1. The van der Waals surface area contributed by atoms with Crippen LogP contribution in [0, 0.1) is 0 Å². The zero-order valence-corrected chi connectivity index (χ0v) is 11.1. The number of fused-ring (bicyclic) bond motifs is 1. The predicted octanol–water partition coefficient (Wildman–Crippen LogP) is 3.74. The molecule has 1 aliphatic rings. The van der Waals surface area contributed by atoms with E-state index < -0.39 is 18.6 Å². The Balaban J connectivity index is 2.07. The maximum absolute atomic E-state index is 12.2. The fourth-order valence-electron chi connectivity index (χ4n) is 2.35. The minimum Gasteiger partial charge on any atom is -0.487 e. The molecular formula is C14H18F3NO. The van der Waals surface area contributed by atoms with Crippen molar-refractivity contribution in [1.29, 1.82) is 0 Å². The highest BCUT2D eigenvalue weighted by molar-refractivity contribution is 5.42. The number of ether oxygens (including phenoxy) is 1. The van der Waals surface area contributed by atoms with Gasteiger partial charge in [-0.05, 0) is 37.5 Å². The van der Waals surface area contributed by atoms with Crippen molar-refractivity contribution >= 4 is 0 Å². The van der Waals surface area contributed by atoms with E-state index in [1.165, 1.54) is 0 Å². The van der Waals surface area contributed by atoms with Gasteiger partial charge >= 0.3 is 6.18 Å². The Hall–Kier alpha value is -1.23. The van der Waals surface area contributed by atoms with E-state index in [9.17, 15) is 13.2 Å². The standard InChI is InChI=1S/C14H18F3NO/c1-13(2)8-10-7-9(3-4-12(10)19-13)11(18)5-6-14(15,16)17/h3-4,7,11H,5-6,8,18H2,1-2H3. The van der Waals surface area contributed by atoms with Gasteiger partial charge in [0.05, 0.1) is 0 Å². The van der Waals surface area contributed by atoms with Crippen LogP contribution < -0.4 is 10.5 Å². The van der Waals surface area contributed by atoms with Gasteiger partial charge < -0.3 is 10.5 Å². The van der Waals surface area contributed by atoms with Crippen LogP contribution in [0.25, 0.3) is 0 Å². The molecule has 106 valence electrons. The van der Waals surface area contributed by atoms with E-state index in [-0.39, 0.29) is 12.0 Å². The zero-order chi connectivity index (χ0) is 14.3. The first-order chi connectivity index (χ1) is 8.66. The lowest BCUT2D eigenvalue weighted by Gasteiger charge is -2.16. The molecule has 1 atom stereocenters. The monoisotopic (exact) mass is 273 g/mol. The number of rotatable bonds is 3. The Morgan fingerprint density at radius 2 is 2.05 bits per heavy atom. The highest BCUT2D eigenvalue weighted by atomic mass is 19.4. The van der Waals surface area contributed by atoms with E-state index in [1.54, 1.807) is 12.1 Å². The Labute approximate surface area is 110 Å². The highest BCUT2D eigenvalue weighted by Crippen LogP contribution is 2.36. The molecule has 1 unspecified atom stereocenters. The van der Waals surface area contributed by atoms with E-state index in [2.05, 4.69) is 0 Å². The van der Waals surface area contributed by atoms with Crippen LogP contribution in [0.4, 0.5) is 13.2 Å². The fourth-order valence-corrected chi connectivity index (χ4v) is 2.35. The second-order valence-corrected chi connectivity index (χ2v) is 5.67. The van der Waals surface area contributed by atoms with Crippen molar-refractivity contribution in [1.82, 2.24) is 0 Å². The Morgan fingerprint density at radius 3 is 2.68 bits per heavy atom. The Morgan fingerprint density at radius 1 is 1.37 bits per heavy atom. The lowest BCUT2D eigenvalue weighted by Crippen LogP contribution is -2.24. The summed E-state index contributed by atoms with van der Waals surface area (Å²) in [5.41, 5.74) is 7.33. The first kappa shape index (κ1) is 14.2. The smallest absolute Gasteiger partial charge is 0.389 e. The molecule has 2 N–H and O–H groups in total. The van der Waals surface area contributed by atoms with Gasteiger partial charge in [0.1, 0.15) is 11.4 Å². The van der Waals surface area contributed by atoms with Gasteiger partial charge in [-0.1, -0.05) is 12.1 Å². The third-order valence-electron chi connectivity index (χ3n) is 3.25. The Bertz CT molecular complexity index is 468. The minimum absolute atomic E-state index is 0.0907. The lowest BCUT2D eigenvalue weighted by atomic mass is 9.96. The van der Waals surface area contributed by atoms with Crippen molar-refractivity contribution in [3.05, 3.63) is 29.3 Å². The first-order valence-corrected chi connectivity index (χ1v) is 6.30. The maximum Gasteiger partial charge on any atom is 0.389 e. The van der Waals surface area contributed by atoms with E-state index >= 15 is 0 Å². The molecule has 2 rings (SSSR count). The van der Waals surface area contributed by atoms with Gasteiger partial charge in [-0.2, -0.15) is 13.2 Å². The van der Waals surface area contributed by atoms with E-state index in [0.29, 0.717) is 0 Å². The summed E-state index contributed by atoms with van der Waals surface area (Å²) < 4.78 is 42.3. The molecule has 1 aromatic rings. The molecule has 0 amide bonds. The normalized spacial score (nSPS) is 18.8. The summed E-state index contributed by atoms with van der Waals surface area (Å²) in [6, 6.07) is 4.83. The summed E-state index contributed by atoms with van der Waals surface area (Å²) in [5.74, 6) is 0.803. The van der Waals surface area contributed by atoms with Crippen LogP contribution in [0.15, 0.2) is 18.2 Å². The van der Waals surface area contributed by atoms with Crippen molar-refractivity contribution in [3.63, 3.8) is 0 Å². The average Bonchev–Trinajstić information content (AvgIpc) is 2.57. The number of hydrogen-bond donors (Lipinski definition) is 1. The second kappa shape index (κ2) is 4.71. The summed E-state index contributed by atoms with van der Waals surface area (Å²) >= 11 is 0. The predicted molar refractivity (Wildman–Crippen MR) is 67.1 cm³/mol. The van der Waals surface area contributed by atoms with Gasteiger partial charge in [0, 0.05) is 18.9 Å². The summed E-state index contributed by atoms with van der Waals surface area (Å²) in [6.45, 7) is 3.96. The van der Waals surface area contributed by atoms with Crippen molar-refractivity contribution in [2.24, 2.45) is 5.73 Å². The molecule has 1 heterocycles. The van der Waals surface area contributed by atoms with Crippen molar-refractivity contribution in [3.8, 4) is 5.75 Å². The topological polar surface area (TPSA) is 35.2 Å². The molecule has 0 fully saturated rings. The maximum atomic E-state index is 12.2. The van der Waals surface area contributed by atoms with Gasteiger partial charge in [-0.25, -0.2) is 0 Å². The van der Waals surface area contributed by atoms with Gasteiger partial charge in [0.2, 0.25) is 0 Å². The number of halogens is 3. The van der Waals surface area contributed by atoms with E-state index in [4.69, 9.17) is 10.5 Å². The van der Waals surface area contributed by atoms with Crippen LogP contribution in [-0.2, 0) is 6.42 Å². The van der Waals surface area contributed by atoms with Crippen LogP contribution in [0.3, 0.4) is 0 Å². The summed E-state index contributed by atoms with van der Waals surface area (Å²) in [4.78, 5) is 0. The van der Waals surface area contributed by atoms with Crippen molar-refractivity contribution in [2.75, 3.05) is 0 Å². The molecule has 0 aliphatic carbocycles. The molecule has 0 saturated carbocycles. The minimum atomic E-state index is -4.15. The number of benzene rings is 1. The number of hydrogen-bond acceptors (Lipinski definition) is 2. The van der Waals surface area contributed by atoms with Gasteiger partial charge in [0.15, 0.2) is 0 Å². The molecule has 2 nitrogen and oxygen atoms in total. The molecule has 0 radical (unpaired) electrons. The third-order valence-corrected chi connectivity index (χ3v) is 3.25. The third kappa shape index (κ3) is 3.62. The molecule has 0 saturated heterocycles. The largest absolute Gasteiger partial charge is 0.487 e. The Kier molecular flexibility index (Phi) is 3.51. The van der Waals surface area contributed by atoms with Crippen LogP contribution in [0.1, 0.15) is 43.9 Å². The van der Waals surface area contributed by atoms with Crippen LogP contribution in [-0.4, -0.2) is 11.8 Å². The summed E-state index contributed by atoms with van der Waals surface area (Å²) in [6.07, 6.45) is -4.35. The van der Waals surface area contributed by atoms with Crippen molar-refractivity contribution < 1.29 is 17.9 Å². The van der Waals surface area contributed by atoms with Crippen LogP contribution in [0.5, 0.6) is 5.75 Å². The molecule has 1 aromatic carbocycles. The fraction of sp³-hybridized carbons (Fsp3) is 0.571. The molecular weight excluding hydrogens is 255 g/mol. The van der Waals surface area contributed by atoms with Crippen LogP contribution in [0.2, 0.25) is 0 Å². The SMILES string of the molecule is CC1(C)Cc2cc(C(N)CCC(F)(F)F)ccc2O1. The summed E-state index contributed by atoms with van der Waals surface area (Å²) in [7, 11) is 0. The molecule has 19 heavy (non-hydrogen) atoms. The van der Waals surface area contributed by atoms with E-state index in [0.717, 1.165) is 23.3 Å². The molecule has 0 aromatic heterocycles.